The van der Waals surface area contributed by atoms with Crippen LogP contribution in [0.15, 0.2) is 78.9 Å². The molecule has 1 aliphatic heterocycles. The van der Waals surface area contributed by atoms with Gasteiger partial charge in [-0.25, -0.2) is 0 Å². The van der Waals surface area contributed by atoms with Gasteiger partial charge in [-0.3, -0.25) is 4.79 Å². The van der Waals surface area contributed by atoms with Crippen LogP contribution >= 0.6 is 0 Å². The molecule has 3 aromatic carbocycles. The SMILES string of the molecule is CC(C(=O)N1CC(Oc2ccccc2)CCc2cc(C(O)(C(F)(F)F)C(F)(F)F)ccc21)c1ccccc1. The summed E-state index contributed by atoms with van der Waals surface area (Å²) in [6.07, 6.45) is -12.4. The molecule has 2 atom stereocenters. The van der Waals surface area contributed by atoms with Crippen LogP contribution in [-0.2, 0) is 16.8 Å². The zero-order chi connectivity index (χ0) is 27.7. The third-order valence-corrected chi connectivity index (χ3v) is 6.71. The molecule has 0 aromatic heterocycles. The van der Waals surface area contributed by atoms with Gasteiger partial charge in [0.15, 0.2) is 0 Å². The zero-order valence-corrected chi connectivity index (χ0v) is 20.3. The minimum atomic E-state index is -6.01. The number of anilines is 1. The molecule has 4 nitrogen and oxygen atoms in total. The first-order valence-electron chi connectivity index (χ1n) is 11.9. The predicted octanol–water partition coefficient (Wildman–Crippen LogP) is 6.53. The third kappa shape index (κ3) is 5.22. The number of alkyl halides is 6. The molecule has 4 rings (SSSR count). The van der Waals surface area contributed by atoms with Crippen LogP contribution in [0.3, 0.4) is 0 Å². The van der Waals surface area contributed by atoms with Gasteiger partial charge < -0.3 is 14.7 Å². The number of halogens is 6. The van der Waals surface area contributed by atoms with Crippen LogP contribution < -0.4 is 9.64 Å². The first kappa shape index (κ1) is 27.5. The number of fused-ring (bicyclic) bond motifs is 1. The summed E-state index contributed by atoms with van der Waals surface area (Å²) in [7, 11) is 0. The Bertz CT molecular complexity index is 1250. The minimum absolute atomic E-state index is 0.0238. The maximum absolute atomic E-state index is 13.7. The van der Waals surface area contributed by atoms with Crippen molar-refractivity contribution in [3.05, 3.63) is 95.6 Å². The molecule has 1 heterocycles. The van der Waals surface area contributed by atoms with Gasteiger partial charge in [-0.05, 0) is 49.1 Å². The number of carbonyl (C=O) groups excluding carboxylic acids is 1. The quantitative estimate of drug-likeness (QED) is 0.377. The molecule has 1 amide bonds. The number of benzene rings is 3. The number of amides is 1. The van der Waals surface area contributed by atoms with E-state index >= 15 is 0 Å². The molecule has 0 bridgehead atoms. The van der Waals surface area contributed by atoms with E-state index in [1.54, 1.807) is 67.6 Å². The van der Waals surface area contributed by atoms with Crippen molar-refractivity contribution in [3.63, 3.8) is 0 Å². The van der Waals surface area contributed by atoms with Gasteiger partial charge in [-0.2, -0.15) is 26.3 Å². The second kappa shape index (κ2) is 10.3. The summed E-state index contributed by atoms with van der Waals surface area (Å²) in [4.78, 5) is 15.0. The highest BCUT2D eigenvalue weighted by Crippen LogP contribution is 2.50. The van der Waals surface area contributed by atoms with Gasteiger partial charge in [0.1, 0.15) is 11.9 Å². The van der Waals surface area contributed by atoms with Gasteiger partial charge in [-0.1, -0.05) is 60.7 Å². The van der Waals surface area contributed by atoms with Crippen molar-refractivity contribution in [3.8, 4) is 5.75 Å². The van der Waals surface area contributed by atoms with E-state index < -0.39 is 41.4 Å². The Labute approximate surface area is 215 Å². The molecule has 0 aliphatic carbocycles. The molecule has 3 aromatic rings. The van der Waals surface area contributed by atoms with Crippen molar-refractivity contribution in [1.82, 2.24) is 0 Å². The average molecular weight is 538 g/mol. The zero-order valence-electron chi connectivity index (χ0n) is 20.3. The highest BCUT2D eigenvalue weighted by molar-refractivity contribution is 5.98. The predicted molar refractivity (Wildman–Crippen MR) is 129 cm³/mol. The third-order valence-electron chi connectivity index (χ3n) is 6.71. The second-order valence-electron chi connectivity index (χ2n) is 9.22. The van der Waals surface area contributed by atoms with E-state index in [-0.39, 0.29) is 30.6 Å². The summed E-state index contributed by atoms with van der Waals surface area (Å²) in [5.74, 6) is -0.534. The molecule has 202 valence electrons. The number of aryl methyl sites for hydroxylation is 1. The van der Waals surface area contributed by atoms with E-state index in [0.717, 1.165) is 6.07 Å². The number of hydrogen-bond acceptors (Lipinski definition) is 3. The largest absolute Gasteiger partial charge is 0.489 e. The minimum Gasteiger partial charge on any atom is -0.489 e. The van der Waals surface area contributed by atoms with Crippen LogP contribution in [-0.4, -0.2) is 36.0 Å². The van der Waals surface area contributed by atoms with Gasteiger partial charge >= 0.3 is 12.4 Å². The summed E-state index contributed by atoms with van der Waals surface area (Å²) in [5, 5.41) is 9.93. The molecular weight excluding hydrogens is 512 g/mol. The lowest BCUT2D eigenvalue weighted by atomic mass is 9.89. The molecule has 38 heavy (non-hydrogen) atoms. The number of nitrogens with zero attached hydrogens (tertiary/aromatic N) is 1. The Morgan fingerprint density at radius 3 is 2.08 bits per heavy atom. The first-order valence-corrected chi connectivity index (χ1v) is 11.9. The Hall–Kier alpha value is -3.53. The van der Waals surface area contributed by atoms with Crippen molar-refractivity contribution < 1.29 is 41.0 Å². The molecule has 10 heteroatoms. The first-order chi connectivity index (χ1) is 17.8. The van der Waals surface area contributed by atoms with Crippen molar-refractivity contribution in [2.45, 2.75) is 49.7 Å². The van der Waals surface area contributed by atoms with Gasteiger partial charge in [-0.15, -0.1) is 0 Å². The molecule has 0 saturated heterocycles. The summed E-state index contributed by atoms with van der Waals surface area (Å²) in [5.41, 5.74) is -5.48. The smallest absolute Gasteiger partial charge is 0.430 e. The Kier molecular flexibility index (Phi) is 7.47. The van der Waals surface area contributed by atoms with E-state index in [4.69, 9.17) is 4.74 Å². The van der Waals surface area contributed by atoms with Crippen LogP contribution in [0, 0.1) is 0 Å². The van der Waals surface area contributed by atoms with Gasteiger partial charge in [0, 0.05) is 11.3 Å². The van der Waals surface area contributed by atoms with Gasteiger partial charge in [0.2, 0.25) is 5.91 Å². The van der Waals surface area contributed by atoms with E-state index in [0.29, 0.717) is 23.4 Å². The summed E-state index contributed by atoms with van der Waals surface area (Å²) in [6, 6.07) is 19.8. The molecule has 0 saturated carbocycles. The van der Waals surface area contributed by atoms with Crippen molar-refractivity contribution >= 4 is 11.6 Å². The fourth-order valence-electron chi connectivity index (χ4n) is 4.59. The Morgan fingerprint density at radius 2 is 1.50 bits per heavy atom. The summed E-state index contributed by atoms with van der Waals surface area (Å²) in [6.45, 7) is 1.70. The standard InChI is InChI=1S/C28H25F6NO3/c1-18(19-8-4-2-5-9-19)25(36)35-17-23(38-22-10-6-3-7-11-22)14-12-20-16-21(13-15-24(20)35)26(37,27(29,30)31)28(32,33)34/h2-11,13,15-16,18,23,37H,12,14,17H2,1H3. The van der Waals surface area contributed by atoms with Crippen molar-refractivity contribution in [2.24, 2.45) is 0 Å². The van der Waals surface area contributed by atoms with E-state index in [2.05, 4.69) is 0 Å². The molecular formula is C28H25F6NO3. The molecule has 1 N–H and O–H groups in total. The normalized spacial score (nSPS) is 17.4. The van der Waals surface area contributed by atoms with Crippen LogP contribution in [0.25, 0.3) is 0 Å². The lowest BCUT2D eigenvalue weighted by Crippen LogP contribution is -2.54. The fourth-order valence-corrected chi connectivity index (χ4v) is 4.59. The highest BCUT2D eigenvalue weighted by Gasteiger charge is 2.71. The summed E-state index contributed by atoms with van der Waals surface area (Å²) < 4.78 is 87.3. The number of rotatable bonds is 5. The van der Waals surface area contributed by atoms with E-state index in [1.807, 2.05) is 0 Å². The number of aliphatic hydroxyl groups is 1. The van der Waals surface area contributed by atoms with E-state index in [9.17, 15) is 36.2 Å². The molecule has 2 unspecified atom stereocenters. The molecule has 0 fully saturated rings. The van der Waals surface area contributed by atoms with Crippen LogP contribution in [0.5, 0.6) is 5.75 Å². The lowest BCUT2D eigenvalue weighted by Gasteiger charge is -2.34. The van der Waals surface area contributed by atoms with Crippen LogP contribution in [0.2, 0.25) is 0 Å². The van der Waals surface area contributed by atoms with Crippen molar-refractivity contribution in [1.29, 1.82) is 0 Å². The van der Waals surface area contributed by atoms with E-state index in [1.165, 1.54) is 4.90 Å². The molecule has 0 spiro atoms. The number of hydrogen-bond donors (Lipinski definition) is 1. The number of para-hydroxylation sites is 1. The maximum Gasteiger partial charge on any atom is 0.430 e. The Morgan fingerprint density at radius 1 is 0.921 bits per heavy atom. The lowest BCUT2D eigenvalue weighted by molar-refractivity contribution is -0.376. The average Bonchev–Trinajstić information content (AvgIpc) is 3.06. The van der Waals surface area contributed by atoms with Gasteiger partial charge in [0.05, 0.1) is 12.5 Å². The number of ether oxygens (including phenoxy) is 1. The van der Waals surface area contributed by atoms with Crippen molar-refractivity contribution in [2.75, 3.05) is 11.4 Å². The monoisotopic (exact) mass is 537 g/mol. The van der Waals surface area contributed by atoms with Crippen LogP contribution in [0.4, 0.5) is 32.0 Å². The molecule has 1 aliphatic rings. The van der Waals surface area contributed by atoms with Gasteiger partial charge in [0.25, 0.3) is 5.60 Å². The summed E-state index contributed by atoms with van der Waals surface area (Å²) >= 11 is 0. The highest BCUT2D eigenvalue weighted by atomic mass is 19.4. The van der Waals surface area contributed by atoms with Crippen LogP contribution in [0.1, 0.15) is 36.0 Å². The molecule has 0 radical (unpaired) electrons. The maximum atomic E-state index is 13.7. The fraction of sp³-hybridized carbons (Fsp3) is 0.321. The second-order valence-corrected chi connectivity index (χ2v) is 9.22. The number of carbonyl (C=O) groups is 1. The topological polar surface area (TPSA) is 49.8 Å². The Balaban J connectivity index is 1.77.